The van der Waals surface area contributed by atoms with Crippen LogP contribution in [0.5, 0.6) is 0 Å². The number of anilines is 2. The van der Waals surface area contributed by atoms with Crippen molar-refractivity contribution in [3.8, 4) is 11.1 Å². The first-order valence-corrected chi connectivity index (χ1v) is 8.93. The van der Waals surface area contributed by atoms with Crippen LogP contribution in [0.1, 0.15) is 5.69 Å². The van der Waals surface area contributed by atoms with Gasteiger partial charge in [0.1, 0.15) is 11.8 Å². The molecule has 4 nitrogen and oxygen atoms in total. The van der Waals surface area contributed by atoms with Crippen LogP contribution in [-0.2, 0) is 0 Å². The van der Waals surface area contributed by atoms with Crippen molar-refractivity contribution in [2.24, 2.45) is 0 Å². The number of nitrogens with one attached hydrogen (secondary N) is 2. The van der Waals surface area contributed by atoms with Crippen molar-refractivity contribution < 1.29 is 0 Å². The third-order valence-electron chi connectivity index (χ3n) is 4.77. The Morgan fingerprint density at radius 2 is 1.59 bits per heavy atom. The Morgan fingerprint density at radius 1 is 0.815 bits per heavy atom. The number of rotatable bonds is 3. The Labute approximate surface area is 156 Å². The largest absolute Gasteiger partial charge is 0.358 e. The van der Waals surface area contributed by atoms with E-state index in [2.05, 4.69) is 87.9 Å². The van der Waals surface area contributed by atoms with E-state index in [9.17, 15) is 0 Å². The lowest BCUT2D eigenvalue weighted by Gasteiger charge is -2.13. The number of hydrogen-bond acceptors (Lipinski definition) is 3. The molecule has 0 aliphatic heterocycles. The number of aryl methyl sites for hydroxylation is 1. The van der Waals surface area contributed by atoms with Crippen molar-refractivity contribution in [1.29, 1.82) is 0 Å². The third kappa shape index (κ3) is 2.81. The summed E-state index contributed by atoms with van der Waals surface area (Å²) >= 11 is 0. The molecule has 0 radical (unpaired) electrons. The van der Waals surface area contributed by atoms with Gasteiger partial charge in [0.2, 0.25) is 0 Å². The van der Waals surface area contributed by atoms with Gasteiger partial charge < -0.3 is 10.3 Å². The first kappa shape index (κ1) is 15.6. The van der Waals surface area contributed by atoms with Crippen LogP contribution in [0.3, 0.4) is 0 Å². The van der Waals surface area contributed by atoms with Gasteiger partial charge in [0, 0.05) is 22.3 Å². The van der Waals surface area contributed by atoms with Crippen LogP contribution in [0.2, 0.25) is 0 Å². The van der Waals surface area contributed by atoms with Gasteiger partial charge in [-0.2, -0.15) is 0 Å². The predicted octanol–water partition coefficient (Wildman–Crippen LogP) is 5.83. The summed E-state index contributed by atoms with van der Waals surface area (Å²) < 4.78 is 0. The van der Waals surface area contributed by atoms with Crippen LogP contribution < -0.4 is 5.32 Å². The lowest BCUT2D eigenvalue weighted by Crippen LogP contribution is -1.95. The number of pyridine rings is 1. The summed E-state index contributed by atoms with van der Waals surface area (Å²) in [6.07, 6.45) is 1.61. The Morgan fingerprint density at radius 3 is 2.41 bits per heavy atom. The molecule has 0 spiro atoms. The topological polar surface area (TPSA) is 53.6 Å². The highest BCUT2D eigenvalue weighted by molar-refractivity contribution is 6.10. The molecule has 5 aromatic rings. The average molecular weight is 350 g/mol. The smallest absolute Gasteiger partial charge is 0.116 e. The lowest BCUT2D eigenvalue weighted by molar-refractivity contribution is 1.26. The number of aromatic amines is 1. The van der Waals surface area contributed by atoms with Crippen molar-refractivity contribution >= 4 is 33.3 Å². The summed E-state index contributed by atoms with van der Waals surface area (Å²) in [4.78, 5) is 12.2. The minimum absolute atomic E-state index is 0.905. The molecule has 2 aromatic heterocycles. The van der Waals surface area contributed by atoms with Crippen LogP contribution in [0.25, 0.3) is 33.1 Å². The number of benzene rings is 3. The minimum atomic E-state index is 0.905. The van der Waals surface area contributed by atoms with Gasteiger partial charge in [-0.15, -0.1) is 0 Å². The second kappa shape index (κ2) is 6.25. The van der Waals surface area contributed by atoms with E-state index in [1.807, 2.05) is 12.1 Å². The van der Waals surface area contributed by atoms with E-state index in [0.29, 0.717) is 0 Å². The number of imidazole rings is 1. The van der Waals surface area contributed by atoms with Gasteiger partial charge in [0.05, 0.1) is 11.2 Å². The molecule has 2 heterocycles. The van der Waals surface area contributed by atoms with E-state index in [-0.39, 0.29) is 0 Å². The molecular formula is C23H18N4. The number of nitrogens with zero attached hydrogens (tertiary/aromatic N) is 2. The second-order valence-corrected chi connectivity index (χ2v) is 6.66. The quantitative estimate of drug-likeness (QED) is 0.430. The first-order chi connectivity index (χ1) is 13.3. The highest BCUT2D eigenvalue weighted by atomic mass is 14.9. The molecule has 5 rings (SSSR count). The Balaban J connectivity index is 1.57. The molecular weight excluding hydrogens is 332 g/mol. The van der Waals surface area contributed by atoms with Gasteiger partial charge in [-0.3, -0.25) is 0 Å². The molecule has 3 aromatic carbocycles. The molecule has 0 atom stereocenters. The predicted molar refractivity (Wildman–Crippen MR) is 111 cm³/mol. The molecule has 0 unspecified atom stereocenters. The maximum Gasteiger partial charge on any atom is 0.116 e. The van der Waals surface area contributed by atoms with Crippen molar-refractivity contribution in [1.82, 2.24) is 15.0 Å². The molecule has 4 heteroatoms. The molecule has 0 aliphatic rings. The van der Waals surface area contributed by atoms with Gasteiger partial charge >= 0.3 is 0 Å². The second-order valence-electron chi connectivity index (χ2n) is 6.66. The number of aromatic nitrogens is 3. The molecule has 0 bridgehead atoms. The van der Waals surface area contributed by atoms with E-state index < -0.39 is 0 Å². The number of hydrogen-bond donors (Lipinski definition) is 2. The van der Waals surface area contributed by atoms with E-state index >= 15 is 0 Å². The van der Waals surface area contributed by atoms with Crippen molar-refractivity contribution in [2.45, 2.75) is 6.92 Å². The molecule has 0 saturated heterocycles. The summed E-state index contributed by atoms with van der Waals surface area (Å²) in [7, 11) is 0. The summed E-state index contributed by atoms with van der Waals surface area (Å²) in [5, 5.41) is 4.62. The maximum atomic E-state index is 4.46. The van der Waals surface area contributed by atoms with Gasteiger partial charge in [-0.05, 0) is 48.4 Å². The lowest BCUT2D eigenvalue weighted by atomic mass is 10.1. The van der Waals surface area contributed by atoms with Crippen LogP contribution >= 0.6 is 0 Å². The van der Waals surface area contributed by atoms with Gasteiger partial charge in [-0.25, -0.2) is 9.97 Å². The van der Waals surface area contributed by atoms with Crippen molar-refractivity contribution in [2.75, 3.05) is 5.32 Å². The van der Waals surface area contributed by atoms with E-state index in [4.69, 9.17) is 0 Å². The summed E-state index contributed by atoms with van der Waals surface area (Å²) in [6.45, 7) is 2.06. The molecule has 130 valence electrons. The zero-order valence-corrected chi connectivity index (χ0v) is 14.9. The van der Waals surface area contributed by atoms with Crippen LogP contribution in [0, 0.1) is 6.92 Å². The van der Waals surface area contributed by atoms with Gasteiger partial charge in [0.15, 0.2) is 0 Å². The van der Waals surface area contributed by atoms with Crippen LogP contribution in [0.4, 0.5) is 11.4 Å². The van der Waals surface area contributed by atoms with Crippen molar-refractivity contribution in [3.63, 3.8) is 0 Å². The monoisotopic (exact) mass is 350 g/mol. The summed E-state index contributed by atoms with van der Waals surface area (Å²) in [5.41, 5.74) is 8.43. The molecule has 0 saturated carbocycles. The fourth-order valence-corrected chi connectivity index (χ4v) is 3.51. The van der Waals surface area contributed by atoms with Gasteiger partial charge in [0.25, 0.3) is 0 Å². The van der Waals surface area contributed by atoms with E-state index in [1.54, 1.807) is 6.33 Å². The Hall–Kier alpha value is -3.66. The average Bonchev–Trinajstić information content (AvgIpc) is 3.18. The number of H-pyrrole nitrogens is 1. The fourth-order valence-electron chi connectivity index (χ4n) is 3.51. The van der Waals surface area contributed by atoms with Crippen molar-refractivity contribution in [3.05, 3.63) is 84.8 Å². The minimum Gasteiger partial charge on any atom is -0.358 e. The SMILES string of the molecule is Cc1cc(Nc2ccc(-c3ccccc3)cc2)c2c(ccc3ncnc32)[nH]1. The molecule has 0 aliphatic carbocycles. The standard InChI is InChI=1S/C23H18N4/c1-15-13-21(22-19(26-15)11-12-20-23(22)25-14-24-20)27-18-9-7-17(8-10-18)16-5-3-2-4-6-16/h2-14,26-27H,1H3. The highest BCUT2D eigenvalue weighted by Crippen LogP contribution is 2.32. The Kier molecular flexibility index (Phi) is 3.61. The highest BCUT2D eigenvalue weighted by Gasteiger charge is 2.10. The summed E-state index contributed by atoms with van der Waals surface area (Å²) in [5.74, 6) is 0. The van der Waals surface area contributed by atoms with E-state index in [1.165, 1.54) is 11.1 Å². The maximum absolute atomic E-state index is 4.46. The normalized spacial score (nSPS) is 11.1. The van der Waals surface area contributed by atoms with E-state index in [0.717, 1.165) is 39.0 Å². The molecule has 0 fully saturated rings. The Bertz CT molecular complexity index is 1240. The first-order valence-electron chi connectivity index (χ1n) is 8.93. The van der Waals surface area contributed by atoms with Crippen LogP contribution in [0.15, 0.2) is 79.1 Å². The fraction of sp³-hybridized carbons (Fsp3) is 0.0435. The zero-order valence-electron chi connectivity index (χ0n) is 14.9. The number of fused-ring (bicyclic) bond motifs is 3. The molecule has 2 N–H and O–H groups in total. The third-order valence-corrected chi connectivity index (χ3v) is 4.77. The molecule has 0 amide bonds. The molecule has 27 heavy (non-hydrogen) atoms. The summed E-state index contributed by atoms with van der Waals surface area (Å²) in [6, 6.07) is 25.1. The zero-order chi connectivity index (χ0) is 18.2. The van der Waals surface area contributed by atoms with Crippen LogP contribution in [-0.4, -0.2) is 15.0 Å². The van der Waals surface area contributed by atoms with Gasteiger partial charge in [-0.1, -0.05) is 42.5 Å².